The van der Waals surface area contributed by atoms with Crippen LogP contribution in [0.3, 0.4) is 0 Å². The highest BCUT2D eigenvalue weighted by atomic mass is 79.9. The molecule has 3 nitrogen and oxygen atoms in total. The van der Waals surface area contributed by atoms with E-state index < -0.39 is 0 Å². The van der Waals surface area contributed by atoms with Gasteiger partial charge in [-0.3, -0.25) is 4.79 Å². The second-order valence-corrected chi connectivity index (χ2v) is 5.41. The van der Waals surface area contributed by atoms with Gasteiger partial charge in [0.2, 0.25) is 5.91 Å². The first-order chi connectivity index (χ1) is 9.69. The van der Waals surface area contributed by atoms with Crippen molar-refractivity contribution in [3.05, 3.63) is 54.6 Å². The minimum Gasteiger partial charge on any atom is -0.457 e. The Balaban J connectivity index is 1.98. The van der Waals surface area contributed by atoms with Crippen molar-refractivity contribution in [3.8, 4) is 11.5 Å². The highest BCUT2D eigenvalue weighted by Crippen LogP contribution is 2.22. The zero-order valence-corrected chi connectivity index (χ0v) is 12.8. The minimum atomic E-state index is -0.164. The molecule has 0 aliphatic heterocycles. The molecule has 0 aliphatic rings. The topological polar surface area (TPSA) is 38.3 Å². The lowest BCUT2D eigenvalue weighted by Gasteiger charge is -2.10. The van der Waals surface area contributed by atoms with E-state index in [1.165, 1.54) is 0 Å². The average molecular weight is 334 g/mol. The van der Waals surface area contributed by atoms with Crippen LogP contribution < -0.4 is 10.1 Å². The number of rotatable bonds is 5. The molecule has 1 N–H and O–H groups in total. The van der Waals surface area contributed by atoms with Crippen molar-refractivity contribution in [1.82, 2.24) is 0 Å². The van der Waals surface area contributed by atoms with Gasteiger partial charge in [0.15, 0.2) is 0 Å². The van der Waals surface area contributed by atoms with E-state index in [0.717, 1.165) is 23.6 Å². The molecule has 0 aliphatic carbocycles. The van der Waals surface area contributed by atoms with Crippen molar-refractivity contribution in [2.75, 3.05) is 5.32 Å². The molecule has 0 aromatic heterocycles. The number of alkyl halides is 1. The SMILES string of the molecule is CCC(Br)C(=O)Nc1ccc(Oc2ccccc2)cc1. The molecule has 1 unspecified atom stereocenters. The first kappa shape index (κ1) is 14.6. The van der Waals surface area contributed by atoms with Gasteiger partial charge in [-0.2, -0.15) is 0 Å². The van der Waals surface area contributed by atoms with Crippen LogP contribution in [0.1, 0.15) is 13.3 Å². The number of anilines is 1. The lowest BCUT2D eigenvalue weighted by Crippen LogP contribution is -2.21. The van der Waals surface area contributed by atoms with Crippen molar-refractivity contribution in [2.45, 2.75) is 18.2 Å². The number of carbonyl (C=O) groups excluding carboxylic acids is 1. The summed E-state index contributed by atoms with van der Waals surface area (Å²) in [7, 11) is 0. The number of hydrogen-bond donors (Lipinski definition) is 1. The molecule has 104 valence electrons. The number of nitrogens with one attached hydrogen (secondary N) is 1. The van der Waals surface area contributed by atoms with E-state index in [2.05, 4.69) is 21.2 Å². The summed E-state index contributed by atoms with van der Waals surface area (Å²) in [5.41, 5.74) is 0.758. The highest BCUT2D eigenvalue weighted by molar-refractivity contribution is 9.10. The monoisotopic (exact) mass is 333 g/mol. The molecule has 20 heavy (non-hydrogen) atoms. The molecule has 0 radical (unpaired) electrons. The Kier molecular flexibility index (Phi) is 5.18. The van der Waals surface area contributed by atoms with Crippen LogP contribution in [0.2, 0.25) is 0 Å². The molecule has 1 amide bonds. The van der Waals surface area contributed by atoms with Crippen molar-refractivity contribution >= 4 is 27.5 Å². The van der Waals surface area contributed by atoms with E-state index in [-0.39, 0.29) is 10.7 Å². The van der Waals surface area contributed by atoms with E-state index in [4.69, 9.17) is 4.74 Å². The molecule has 0 spiro atoms. The third-order valence-corrected chi connectivity index (χ3v) is 3.81. The Labute approximate surface area is 127 Å². The number of halogens is 1. The summed E-state index contributed by atoms with van der Waals surface area (Å²) >= 11 is 3.32. The lowest BCUT2D eigenvalue weighted by atomic mass is 10.2. The summed E-state index contributed by atoms with van der Waals surface area (Å²) in [6, 6.07) is 16.9. The van der Waals surface area contributed by atoms with E-state index in [0.29, 0.717) is 0 Å². The van der Waals surface area contributed by atoms with Crippen molar-refractivity contribution < 1.29 is 9.53 Å². The fourth-order valence-corrected chi connectivity index (χ4v) is 1.75. The maximum absolute atomic E-state index is 11.7. The fourth-order valence-electron chi connectivity index (χ4n) is 1.64. The van der Waals surface area contributed by atoms with E-state index in [1.807, 2.05) is 61.5 Å². The molecule has 4 heteroatoms. The zero-order valence-electron chi connectivity index (χ0n) is 11.2. The normalized spacial score (nSPS) is 11.7. The predicted molar refractivity (Wildman–Crippen MR) is 84.6 cm³/mol. The molecule has 0 saturated carbocycles. The fraction of sp³-hybridized carbons (Fsp3) is 0.188. The molecule has 0 saturated heterocycles. The van der Waals surface area contributed by atoms with E-state index in [9.17, 15) is 4.79 Å². The summed E-state index contributed by atoms with van der Waals surface area (Å²) in [6.45, 7) is 1.95. The highest BCUT2D eigenvalue weighted by Gasteiger charge is 2.12. The van der Waals surface area contributed by atoms with Gasteiger partial charge in [-0.05, 0) is 42.8 Å². The molecule has 2 aromatic carbocycles. The van der Waals surface area contributed by atoms with Gasteiger partial charge in [-0.15, -0.1) is 0 Å². The van der Waals surface area contributed by atoms with E-state index >= 15 is 0 Å². The van der Waals surface area contributed by atoms with Crippen LogP contribution in [-0.4, -0.2) is 10.7 Å². The zero-order chi connectivity index (χ0) is 14.4. The summed E-state index contributed by atoms with van der Waals surface area (Å²) in [6.07, 6.45) is 0.751. The molecule has 0 bridgehead atoms. The Bertz CT molecular complexity index is 554. The van der Waals surface area contributed by atoms with Gasteiger partial charge in [0, 0.05) is 5.69 Å². The van der Waals surface area contributed by atoms with Gasteiger partial charge in [-0.1, -0.05) is 41.1 Å². The number of para-hydroxylation sites is 1. The molecule has 0 fully saturated rings. The summed E-state index contributed by atoms with van der Waals surface area (Å²) in [4.78, 5) is 11.6. The van der Waals surface area contributed by atoms with Crippen LogP contribution in [0.4, 0.5) is 5.69 Å². The van der Waals surface area contributed by atoms with Gasteiger partial charge in [-0.25, -0.2) is 0 Å². The van der Waals surface area contributed by atoms with Crippen LogP contribution in [0.25, 0.3) is 0 Å². The molecule has 1 atom stereocenters. The number of carbonyl (C=O) groups is 1. The first-order valence-corrected chi connectivity index (χ1v) is 7.38. The van der Waals surface area contributed by atoms with Crippen LogP contribution in [0, 0.1) is 0 Å². The number of benzene rings is 2. The first-order valence-electron chi connectivity index (χ1n) is 6.47. The standard InChI is InChI=1S/C16H16BrNO2/c1-2-15(17)16(19)18-12-8-10-14(11-9-12)20-13-6-4-3-5-7-13/h3-11,15H,2H2,1H3,(H,18,19). The molecular weight excluding hydrogens is 318 g/mol. The predicted octanol–water partition coefficient (Wildman–Crippen LogP) is 4.59. The number of ether oxygens (including phenoxy) is 1. The summed E-state index contributed by atoms with van der Waals surface area (Å²) in [5.74, 6) is 1.49. The van der Waals surface area contributed by atoms with Gasteiger partial charge < -0.3 is 10.1 Å². The van der Waals surface area contributed by atoms with Gasteiger partial charge in [0.1, 0.15) is 11.5 Å². The molecule has 2 rings (SSSR count). The van der Waals surface area contributed by atoms with Crippen molar-refractivity contribution in [3.63, 3.8) is 0 Å². The van der Waals surface area contributed by atoms with Gasteiger partial charge in [0.05, 0.1) is 4.83 Å². The van der Waals surface area contributed by atoms with Gasteiger partial charge in [0.25, 0.3) is 0 Å². The molecule has 0 heterocycles. The average Bonchev–Trinajstić information content (AvgIpc) is 2.49. The van der Waals surface area contributed by atoms with Crippen LogP contribution >= 0.6 is 15.9 Å². The maximum atomic E-state index is 11.7. The van der Waals surface area contributed by atoms with Crippen LogP contribution in [0.15, 0.2) is 54.6 Å². The second kappa shape index (κ2) is 7.10. The smallest absolute Gasteiger partial charge is 0.238 e. The third-order valence-electron chi connectivity index (χ3n) is 2.74. The molecular formula is C16H16BrNO2. The number of hydrogen-bond acceptors (Lipinski definition) is 2. The van der Waals surface area contributed by atoms with Gasteiger partial charge >= 0.3 is 0 Å². The lowest BCUT2D eigenvalue weighted by molar-refractivity contribution is -0.115. The Morgan fingerprint density at radius 1 is 1.10 bits per heavy atom. The quantitative estimate of drug-likeness (QED) is 0.812. The summed E-state index contributed by atoms with van der Waals surface area (Å²) < 4.78 is 5.68. The maximum Gasteiger partial charge on any atom is 0.238 e. The van der Waals surface area contributed by atoms with Crippen LogP contribution in [-0.2, 0) is 4.79 Å². The number of amides is 1. The van der Waals surface area contributed by atoms with E-state index in [1.54, 1.807) is 0 Å². The largest absolute Gasteiger partial charge is 0.457 e. The minimum absolute atomic E-state index is 0.0378. The second-order valence-electron chi connectivity index (χ2n) is 4.30. The molecule has 2 aromatic rings. The Hall–Kier alpha value is -1.81. The van der Waals surface area contributed by atoms with Crippen molar-refractivity contribution in [1.29, 1.82) is 0 Å². The van der Waals surface area contributed by atoms with Crippen LogP contribution in [0.5, 0.6) is 11.5 Å². The summed E-state index contributed by atoms with van der Waals surface area (Å²) in [5, 5.41) is 2.84. The third kappa shape index (κ3) is 4.10. The Morgan fingerprint density at radius 2 is 1.70 bits per heavy atom. The van der Waals surface area contributed by atoms with Crippen molar-refractivity contribution in [2.24, 2.45) is 0 Å². The Morgan fingerprint density at radius 3 is 2.30 bits per heavy atom.